The van der Waals surface area contributed by atoms with Gasteiger partial charge in [-0.1, -0.05) is 17.7 Å². The number of fused-ring (bicyclic) bond motifs is 2. The molecule has 3 aliphatic carbocycles. The number of amides is 1. The van der Waals surface area contributed by atoms with Crippen molar-refractivity contribution in [3.8, 4) is 0 Å². The number of carbonyl (C=O) groups excluding carboxylic acids is 1. The predicted octanol–water partition coefficient (Wildman–Crippen LogP) is 5.44. The van der Waals surface area contributed by atoms with Crippen LogP contribution < -0.4 is 5.32 Å². The fraction of sp³-hybridized carbons (Fsp3) is 0.455. The molecule has 4 aliphatic rings. The molecular weight excluding hydrogens is 422 g/mol. The smallest absolute Gasteiger partial charge is 0.272 e. The Labute approximate surface area is 183 Å². The summed E-state index contributed by atoms with van der Waals surface area (Å²) in [6.45, 7) is 0.739. The molecule has 2 bridgehead atoms. The summed E-state index contributed by atoms with van der Waals surface area (Å²) < 4.78 is 19.8. The summed E-state index contributed by atoms with van der Waals surface area (Å²) in [5, 5.41) is 4.15. The first-order valence-corrected chi connectivity index (χ1v) is 12.8. The standard InChI is InChI=1S/C22H26ClN3O3S/c23-16-2-1-3-17(12-16)25-18-13-24-21(20-15-6-4-14(5-7-15)19(18)20)22(27)26-8-10-30(28,29)11-9-26/h1-3,12-15,25,28-29H,4-11H2. The number of nitrogens with one attached hydrogen (secondary N) is 1. The largest absolute Gasteiger partial charge is 0.354 e. The van der Waals surface area contributed by atoms with E-state index in [1.165, 1.54) is 5.56 Å². The molecule has 3 N–H and O–H groups in total. The molecule has 0 unspecified atom stereocenters. The number of rotatable bonds is 3. The quantitative estimate of drug-likeness (QED) is 0.583. The van der Waals surface area contributed by atoms with Crippen LogP contribution in [-0.2, 0) is 0 Å². The van der Waals surface area contributed by atoms with Crippen LogP contribution in [0.3, 0.4) is 0 Å². The molecule has 0 atom stereocenters. The third kappa shape index (κ3) is 3.68. The second-order valence-electron chi connectivity index (χ2n) is 8.53. The summed E-state index contributed by atoms with van der Waals surface area (Å²) in [5.74, 6) is 1.23. The Kier molecular flexibility index (Phi) is 5.17. The van der Waals surface area contributed by atoms with Gasteiger partial charge in [-0.05, 0) is 66.8 Å². The van der Waals surface area contributed by atoms with E-state index in [-0.39, 0.29) is 17.4 Å². The zero-order valence-corrected chi connectivity index (χ0v) is 18.3. The monoisotopic (exact) mass is 447 g/mol. The van der Waals surface area contributed by atoms with Gasteiger partial charge in [-0.3, -0.25) is 13.9 Å². The highest BCUT2D eigenvalue weighted by atomic mass is 35.5. The van der Waals surface area contributed by atoms with Crippen LogP contribution in [0.5, 0.6) is 0 Å². The number of aromatic nitrogens is 1. The Morgan fingerprint density at radius 3 is 2.43 bits per heavy atom. The molecule has 0 spiro atoms. The summed E-state index contributed by atoms with van der Waals surface area (Å²) in [4.78, 5) is 19.7. The maximum absolute atomic E-state index is 13.3. The van der Waals surface area contributed by atoms with Gasteiger partial charge in [-0.15, -0.1) is 0 Å². The van der Waals surface area contributed by atoms with Crippen molar-refractivity contribution in [1.29, 1.82) is 0 Å². The molecule has 6 nitrogen and oxygen atoms in total. The topological polar surface area (TPSA) is 85.7 Å². The lowest BCUT2D eigenvalue weighted by Gasteiger charge is -2.42. The third-order valence-corrected chi connectivity index (χ3v) is 8.58. The molecule has 6 rings (SSSR count). The number of carbonyl (C=O) groups is 1. The van der Waals surface area contributed by atoms with Crippen molar-refractivity contribution in [2.75, 3.05) is 29.9 Å². The lowest BCUT2D eigenvalue weighted by Crippen LogP contribution is -2.43. The molecule has 30 heavy (non-hydrogen) atoms. The van der Waals surface area contributed by atoms with Gasteiger partial charge in [0.25, 0.3) is 5.91 Å². The van der Waals surface area contributed by atoms with Crippen LogP contribution in [0.4, 0.5) is 11.4 Å². The average molecular weight is 448 g/mol. The van der Waals surface area contributed by atoms with Crippen LogP contribution >= 0.6 is 22.2 Å². The van der Waals surface area contributed by atoms with E-state index in [2.05, 4.69) is 10.3 Å². The van der Waals surface area contributed by atoms with Crippen molar-refractivity contribution in [2.45, 2.75) is 37.5 Å². The maximum Gasteiger partial charge on any atom is 0.272 e. The SMILES string of the molecule is O=C(c1ncc(Nc2cccc(Cl)c2)c2c1C1CCC2CC1)N1CCS(O)(O)CC1. The number of hydrogen-bond acceptors (Lipinski definition) is 5. The van der Waals surface area contributed by atoms with Crippen molar-refractivity contribution in [3.05, 3.63) is 52.3 Å². The molecule has 1 saturated carbocycles. The van der Waals surface area contributed by atoms with Crippen molar-refractivity contribution in [3.63, 3.8) is 0 Å². The number of benzene rings is 1. The van der Waals surface area contributed by atoms with E-state index in [9.17, 15) is 13.9 Å². The van der Waals surface area contributed by atoms with Crippen LogP contribution in [0.25, 0.3) is 0 Å². The summed E-state index contributed by atoms with van der Waals surface area (Å²) in [5.41, 5.74) is 4.76. The van der Waals surface area contributed by atoms with Gasteiger partial charge in [0.15, 0.2) is 0 Å². The van der Waals surface area contributed by atoms with E-state index >= 15 is 0 Å². The van der Waals surface area contributed by atoms with E-state index in [0.29, 0.717) is 35.6 Å². The molecule has 2 aromatic rings. The van der Waals surface area contributed by atoms with Crippen molar-refractivity contribution in [2.24, 2.45) is 0 Å². The Hall–Kier alpha value is -1.80. The minimum atomic E-state index is -2.54. The molecule has 160 valence electrons. The van der Waals surface area contributed by atoms with Crippen LogP contribution in [0.1, 0.15) is 59.1 Å². The fourth-order valence-corrected chi connectivity index (χ4v) is 6.56. The lowest BCUT2D eigenvalue weighted by atomic mass is 9.66. The number of anilines is 2. The molecule has 1 aliphatic heterocycles. The van der Waals surface area contributed by atoms with Crippen LogP contribution in [0.2, 0.25) is 5.02 Å². The van der Waals surface area contributed by atoms with Gasteiger partial charge in [0.2, 0.25) is 0 Å². The molecule has 2 fully saturated rings. The van der Waals surface area contributed by atoms with Gasteiger partial charge < -0.3 is 10.2 Å². The van der Waals surface area contributed by atoms with Gasteiger partial charge in [-0.2, -0.15) is 10.6 Å². The Morgan fingerprint density at radius 1 is 1.10 bits per heavy atom. The molecule has 1 aromatic heterocycles. The maximum atomic E-state index is 13.3. The van der Waals surface area contributed by atoms with E-state index in [1.54, 1.807) is 11.1 Å². The predicted molar refractivity (Wildman–Crippen MR) is 121 cm³/mol. The number of halogens is 1. The Morgan fingerprint density at radius 2 is 1.77 bits per heavy atom. The van der Waals surface area contributed by atoms with Crippen LogP contribution in [-0.4, -0.2) is 49.5 Å². The first-order chi connectivity index (χ1) is 14.4. The van der Waals surface area contributed by atoms with E-state index in [0.717, 1.165) is 42.6 Å². The third-order valence-electron chi connectivity index (χ3n) is 6.67. The highest BCUT2D eigenvalue weighted by Gasteiger charge is 2.39. The normalized spacial score (nSPS) is 25.5. The second kappa shape index (κ2) is 7.71. The second-order valence-corrected chi connectivity index (χ2v) is 11.4. The van der Waals surface area contributed by atoms with Crippen molar-refractivity contribution in [1.82, 2.24) is 9.88 Å². The average Bonchev–Trinajstić information content (AvgIpc) is 2.74. The van der Waals surface area contributed by atoms with E-state index < -0.39 is 10.6 Å². The van der Waals surface area contributed by atoms with Gasteiger partial charge in [0.05, 0.1) is 23.4 Å². The highest BCUT2D eigenvalue weighted by molar-refractivity contribution is 8.24. The minimum Gasteiger partial charge on any atom is -0.354 e. The molecule has 1 saturated heterocycles. The van der Waals surface area contributed by atoms with E-state index in [1.807, 2.05) is 24.3 Å². The molecule has 1 aromatic carbocycles. The molecule has 2 heterocycles. The van der Waals surface area contributed by atoms with Crippen LogP contribution in [0, 0.1) is 0 Å². The number of nitrogens with zero attached hydrogens (tertiary/aromatic N) is 2. The summed E-state index contributed by atoms with van der Waals surface area (Å²) in [6, 6.07) is 7.62. The van der Waals surface area contributed by atoms with Gasteiger partial charge >= 0.3 is 0 Å². The molecule has 0 radical (unpaired) electrons. The first-order valence-electron chi connectivity index (χ1n) is 10.5. The zero-order valence-electron chi connectivity index (χ0n) is 16.7. The molecule has 8 heteroatoms. The van der Waals surface area contributed by atoms with Gasteiger partial charge in [0.1, 0.15) is 5.69 Å². The first kappa shape index (κ1) is 20.1. The number of hydrogen-bond donors (Lipinski definition) is 3. The van der Waals surface area contributed by atoms with E-state index in [4.69, 9.17) is 11.6 Å². The Bertz CT molecular complexity index is 982. The summed E-state index contributed by atoms with van der Waals surface area (Å²) >= 11 is 6.15. The minimum absolute atomic E-state index is 0.0806. The summed E-state index contributed by atoms with van der Waals surface area (Å²) in [6.07, 6.45) is 6.27. The lowest BCUT2D eigenvalue weighted by molar-refractivity contribution is 0.0759. The van der Waals surface area contributed by atoms with Crippen LogP contribution in [0.15, 0.2) is 30.5 Å². The van der Waals surface area contributed by atoms with Crippen molar-refractivity contribution < 1.29 is 13.9 Å². The van der Waals surface area contributed by atoms with Crippen molar-refractivity contribution >= 4 is 39.5 Å². The Balaban J connectivity index is 1.51. The number of pyridine rings is 1. The molecule has 1 amide bonds. The highest BCUT2D eigenvalue weighted by Crippen LogP contribution is 2.53. The fourth-order valence-electron chi connectivity index (χ4n) is 5.14. The summed E-state index contributed by atoms with van der Waals surface area (Å²) in [7, 11) is -2.54. The molecular formula is C22H26ClN3O3S. The van der Waals surface area contributed by atoms with Gasteiger partial charge in [0, 0.05) is 23.8 Å². The zero-order chi connectivity index (χ0) is 20.9. The van der Waals surface area contributed by atoms with Gasteiger partial charge in [-0.25, -0.2) is 4.98 Å².